The van der Waals surface area contributed by atoms with Gasteiger partial charge in [0.05, 0.1) is 6.61 Å². The molecule has 0 aliphatic heterocycles. The Morgan fingerprint density at radius 1 is 0.324 bits per heavy atom. The normalized spacial score (nSPS) is 12.3. The van der Waals surface area contributed by atoms with Crippen LogP contribution in [0.15, 0.2) is 36.5 Å². The average Bonchev–Trinajstić information content (AvgIpc) is 3.37. The maximum atomic E-state index is 12.3. The van der Waals surface area contributed by atoms with Crippen LogP contribution in [-0.4, -0.2) is 36.4 Å². The number of allylic oxidation sites excluding steroid dienone is 6. The summed E-state index contributed by atoms with van der Waals surface area (Å²) in [7, 11) is 0. The monoisotopic (exact) mass is 997 g/mol. The molecule has 418 valence electrons. The summed E-state index contributed by atoms with van der Waals surface area (Å²) in [5, 5.41) is 9.65. The molecule has 0 rings (SSSR count). The summed E-state index contributed by atoms with van der Waals surface area (Å²) in [6.45, 7) is 4.16. The summed E-state index contributed by atoms with van der Waals surface area (Å²) >= 11 is 0. The van der Waals surface area contributed by atoms with Gasteiger partial charge in [0.25, 0.3) is 0 Å². The highest BCUT2D eigenvalue weighted by Crippen LogP contribution is 2.18. The van der Waals surface area contributed by atoms with Gasteiger partial charge in [-0.2, -0.15) is 0 Å². The van der Waals surface area contributed by atoms with E-state index in [4.69, 9.17) is 9.47 Å². The topological polar surface area (TPSA) is 72.8 Å². The van der Waals surface area contributed by atoms with Crippen LogP contribution in [-0.2, 0) is 19.1 Å². The number of hydrogen-bond acceptors (Lipinski definition) is 5. The maximum absolute atomic E-state index is 12.3. The lowest BCUT2D eigenvalue weighted by Crippen LogP contribution is -2.28. The molecule has 0 amide bonds. The zero-order valence-corrected chi connectivity index (χ0v) is 48.0. The van der Waals surface area contributed by atoms with Crippen LogP contribution in [0.25, 0.3) is 0 Å². The molecule has 0 saturated heterocycles. The Morgan fingerprint density at radius 2 is 0.563 bits per heavy atom. The lowest BCUT2D eigenvalue weighted by molar-refractivity contribution is -0.161. The van der Waals surface area contributed by atoms with E-state index in [0.717, 1.165) is 51.4 Å². The van der Waals surface area contributed by atoms with Gasteiger partial charge in [0.1, 0.15) is 6.61 Å². The van der Waals surface area contributed by atoms with Gasteiger partial charge in [0.15, 0.2) is 6.10 Å². The first kappa shape index (κ1) is 69.1. The zero-order valence-electron chi connectivity index (χ0n) is 48.0. The number of carbonyl (C=O) groups is 2. The second kappa shape index (κ2) is 62.4. The molecule has 0 aromatic rings. The molecule has 0 radical (unpaired) electrons. The highest BCUT2D eigenvalue weighted by atomic mass is 16.6. The highest BCUT2D eigenvalue weighted by Gasteiger charge is 2.16. The number of esters is 2. The van der Waals surface area contributed by atoms with Gasteiger partial charge in [-0.25, -0.2) is 0 Å². The van der Waals surface area contributed by atoms with Crippen LogP contribution in [0.2, 0.25) is 0 Å². The van der Waals surface area contributed by atoms with Gasteiger partial charge in [-0.1, -0.05) is 307 Å². The minimum absolute atomic E-state index is 0.0646. The van der Waals surface area contributed by atoms with E-state index in [9.17, 15) is 14.7 Å². The molecule has 5 heteroatoms. The van der Waals surface area contributed by atoms with E-state index in [0.29, 0.717) is 12.8 Å². The number of carbonyl (C=O) groups excluding carboxylic acids is 2. The molecule has 1 atom stereocenters. The van der Waals surface area contributed by atoms with Gasteiger partial charge in [0.2, 0.25) is 0 Å². The molecule has 0 aliphatic rings. The summed E-state index contributed by atoms with van der Waals surface area (Å²) in [5.74, 6) is -0.582. The molecular formula is C66H124O5. The molecule has 71 heavy (non-hydrogen) atoms. The SMILES string of the molecule is CCCCCC/C=C\C/C=C\CCCCCCCCCC(=O)OC(CO)COC(=O)CCCCCCCCCCCCCCCCCCCCCCCCCCCCC/C=C\CCCCCCCCCC. The van der Waals surface area contributed by atoms with Crippen molar-refractivity contribution in [1.82, 2.24) is 0 Å². The van der Waals surface area contributed by atoms with E-state index in [1.54, 1.807) is 0 Å². The van der Waals surface area contributed by atoms with Crippen molar-refractivity contribution in [3.63, 3.8) is 0 Å². The Morgan fingerprint density at radius 3 is 0.859 bits per heavy atom. The van der Waals surface area contributed by atoms with Crippen LogP contribution in [0, 0.1) is 0 Å². The minimum Gasteiger partial charge on any atom is -0.462 e. The largest absolute Gasteiger partial charge is 0.462 e. The molecule has 0 heterocycles. The molecule has 0 bridgehead atoms. The van der Waals surface area contributed by atoms with E-state index < -0.39 is 6.10 Å². The summed E-state index contributed by atoms with van der Waals surface area (Å²) < 4.78 is 10.7. The van der Waals surface area contributed by atoms with Crippen LogP contribution in [0.4, 0.5) is 0 Å². The Hall–Kier alpha value is -1.88. The smallest absolute Gasteiger partial charge is 0.306 e. The van der Waals surface area contributed by atoms with Crippen molar-refractivity contribution in [3.8, 4) is 0 Å². The number of rotatable bonds is 60. The van der Waals surface area contributed by atoms with Gasteiger partial charge < -0.3 is 14.6 Å². The third-order valence-corrected chi connectivity index (χ3v) is 14.7. The van der Waals surface area contributed by atoms with Crippen LogP contribution in [0.3, 0.4) is 0 Å². The van der Waals surface area contributed by atoms with E-state index in [1.165, 1.54) is 276 Å². The van der Waals surface area contributed by atoms with Gasteiger partial charge in [0, 0.05) is 12.8 Å². The molecule has 0 aliphatic carbocycles. The molecule has 0 saturated carbocycles. The number of hydrogen-bond donors (Lipinski definition) is 1. The first-order valence-corrected chi connectivity index (χ1v) is 32.0. The standard InChI is InChI=1S/C66H124O5/c1-3-5-7-9-11-13-15-17-19-21-23-24-25-26-27-28-29-30-31-32-33-34-35-36-37-38-39-40-41-42-43-45-46-48-50-52-54-56-58-60-65(68)70-63-64(62-67)71-66(69)61-59-57-55-53-51-49-47-44-22-20-18-16-14-12-10-8-6-4-2/h14,16,20-23,64,67H,3-13,15,17-19,24-63H2,1-2H3/b16-14-,22-20-,23-21-. The zero-order chi connectivity index (χ0) is 51.3. The van der Waals surface area contributed by atoms with Gasteiger partial charge >= 0.3 is 11.9 Å². The van der Waals surface area contributed by atoms with E-state index >= 15 is 0 Å². The van der Waals surface area contributed by atoms with Crippen LogP contribution >= 0.6 is 0 Å². The summed E-state index contributed by atoms with van der Waals surface area (Å²) in [6, 6.07) is 0. The van der Waals surface area contributed by atoms with Gasteiger partial charge in [-0.15, -0.1) is 0 Å². The first-order chi connectivity index (χ1) is 35.1. The van der Waals surface area contributed by atoms with Crippen LogP contribution in [0.1, 0.15) is 354 Å². The van der Waals surface area contributed by atoms with E-state index in [-0.39, 0.29) is 25.2 Å². The quantitative estimate of drug-likeness (QED) is 0.0373. The van der Waals surface area contributed by atoms with Gasteiger partial charge in [-0.3, -0.25) is 9.59 Å². The van der Waals surface area contributed by atoms with Crippen molar-refractivity contribution in [2.75, 3.05) is 13.2 Å². The van der Waals surface area contributed by atoms with Crippen molar-refractivity contribution < 1.29 is 24.2 Å². The molecule has 1 unspecified atom stereocenters. The highest BCUT2D eigenvalue weighted by molar-refractivity contribution is 5.70. The van der Waals surface area contributed by atoms with Crippen molar-refractivity contribution in [2.45, 2.75) is 360 Å². The Balaban J connectivity index is 3.36. The summed E-state index contributed by atoms with van der Waals surface area (Å²) in [4.78, 5) is 24.5. The van der Waals surface area contributed by atoms with Crippen molar-refractivity contribution >= 4 is 11.9 Å². The van der Waals surface area contributed by atoms with Crippen molar-refractivity contribution in [2.24, 2.45) is 0 Å². The molecule has 0 spiro atoms. The summed E-state index contributed by atoms with van der Waals surface area (Å²) in [6.07, 6.45) is 81.7. The molecule has 0 fully saturated rings. The Kier molecular flexibility index (Phi) is 60.8. The van der Waals surface area contributed by atoms with Crippen LogP contribution in [0.5, 0.6) is 0 Å². The predicted molar refractivity (Wildman–Crippen MR) is 311 cm³/mol. The third kappa shape index (κ3) is 60.6. The van der Waals surface area contributed by atoms with Crippen molar-refractivity contribution in [3.05, 3.63) is 36.5 Å². The van der Waals surface area contributed by atoms with Gasteiger partial charge in [-0.05, 0) is 70.6 Å². The van der Waals surface area contributed by atoms with E-state index in [2.05, 4.69) is 50.3 Å². The lowest BCUT2D eigenvalue weighted by atomic mass is 10.0. The average molecular weight is 998 g/mol. The number of aliphatic hydroxyl groups is 1. The molecule has 1 N–H and O–H groups in total. The fourth-order valence-electron chi connectivity index (χ4n) is 9.82. The fourth-order valence-corrected chi connectivity index (χ4v) is 9.82. The molecular weight excluding hydrogens is 873 g/mol. The minimum atomic E-state index is -0.774. The fraction of sp³-hybridized carbons (Fsp3) is 0.879. The lowest BCUT2D eigenvalue weighted by Gasteiger charge is -2.15. The summed E-state index contributed by atoms with van der Waals surface area (Å²) in [5.41, 5.74) is 0. The van der Waals surface area contributed by atoms with Crippen LogP contribution < -0.4 is 0 Å². The number of ether oxygens (including phenoxy) is 2. The Labute approximate surface area is 444 Å². The Bertz CT molecular complexity index is 1130. The first-order valence-electron chi connectivity index (χ1n) is 32.0. The molecule has 5 nitrogen and oxygen atoms in total. The third-order valence-electron chi connectivity index (χ3n) is 14.7. The second-order valence-electron chi connectivity index (χ2n) is 21.8. The molecule has 0 aromatic heterocycles. The number of aliphatic hydroxyl groups excluding tert-OH is 1. The van der Waals surface area contributed by atoms with Crippen molar-refractivity contribution in [1.29, 1.82) is 0 Å². The maximum Gasteiger partial charge on any atom is 0.306 e. The number of unbranched alkanes of at least 4 members (excludes halogenated alkanes) is 46. The van der Waals surface area contributed by atoms with E-state index in [1.807, 2.05) is 0 Å². The predicted octanol–water partition coefficient (Wildman–Crippen LogP) is 21.8. The molecule has 0 aromatic carbocycles. The second-order valence-corrected chi connectivity index (χ2v) is 21.8.